The van der Waals surface area contributed by atoms with Gasteiger partial charge in [-0.25, -0.2) is 4.98 Å². The molecule has 0 saturated carbocycles. The fraction of sp³-hybridized carbons (Fsp3) is 0.208. The van der Waals surface area contributed by atoms with E-state index in [9.17, 15) is 14.7 Å². The molecular weight excluding hydrogens is 448 g/mol. The fourth-order valence-electron chi connectivity index (χ4n) is 3.70. The molecule has 8 heteroatoms. The van der Waals surface area contributed by atoms with E-state index in [4.69, 9.17) is 7.48 Å². The summed E-state index contributed by atoms with van der Waals surface area (Å²) < 4.78 is 21.2. The number of hydrogen-bond donors (Lipinski definition) is 2. The molecule has 0 aliphatic heterocycles. The topological polar surface area (TPSA) is 88.5 Å². The van der Waals surface area contributed by atoms with Gasteiger partial charge in [-0.05, 0) is 54.8 Å². The smallest absolute Gasteiger partial charge is 0.267 e. The van der Waals surface area contributed by atoms with E-state index >= 15 is 0 Å². The molecule has 0 unspecified atom stereocenters. The number of methoxy groups -OCH3 is 1. The molecule has 0 radical (unpaired) electrons. The molecule has 0 aliphatic rings. The summed E-state index contributed by atoms with van der Waals surface area (Å²) in [5.74, 6) is -0.135. The summed E-state index contributed by atoms with van der Waals surface area (Å²) in [7, 11) is 1.60. The summed E-state index contributed by atoms with van der Waals surface area (Å²) in [6.07, 6.45) is 0. The third-order valence-electron chi connectivity index (χ3n) is 5.14. The monoisotopic (exact) mass is 472 g/mol. The van der Waals surface area contributed by atoms with Gasteiger partial charge in [0.05, 0.1) is 26.3 Å². The van der Waals surface area contributed by atoms with Gasteiger partial charge in [-0.15, -0.1) is 23.7 Å². The molecule has 2 aromatic carbocycles. The standard InChI is InChI=1S/C24H22N2O4S.ClH/c1-13-21-16(12-30-3)7-8-17(14(2)28)23(21)31-22(13)24(29)26-20-10-9-18-15(11-27)5-4-6-19(18)25-20;/h4-10,27H,11-12H2,1-3H3,(H,25,26,29);1H/i11D2;. The van der Waals surface area contributed by atoms with Crippen molar-refractivity contribution in [2.75, 3.05) is 12.4 Å². The molecule has 166 valence electrons. The Labute approximate surface area is 198 Å². The van der Waals surface area contributed by atoms with Crippen LogP contribution in [0.3, 0.4) is 0 Å². The number of ketones is 1. The van der Waals surface area contributed by atoms with Crippen molar-refractivity contribution in [2.24, 2.45) is 0 Å². The number of Topliss-reactive ketones (excluding diaryl/α,β-unsaturated/α-hetero) is 1. The first-order valence-corrected chi connectivity index (χ1v) is 10.4. The molecule has 0 fully saturated rings. The summed E-state index contributed by atoms with van der Waals surface area (Å²) in [6, 6.07) is 11.6. The van der Waals surface area contributed by atoms with Crippen LogP contribution in [0.5, 0.6) is 0 Å². The molecule has 4 aromatic rings. The lowest BCUT2D eigenvalue weighted by atomic mass is 10.0. The zero-order valence-corrected chi connectivity index (χ0v) is 19.3. The number of amides is 1. The zero-order chi connectivity index (χ0) is 23.9. The van der Waals surface area contributed by atoms with Crippen LogP contribution in [0.25, 0.3) is 21.0 Å². The summed E-state index contributed by atoms with van der Waals surface area (Å²) in [4.78, 5) is 30.2. The highest BCUT2D eigenvalue weighted by Crippen LogP contribution is 2.37. The van der Waals surface area contributed by atoms with Crippen molar-refractivity contribution < 1.29 is 22.2 Å². The van der Waals surface area contributed by atoms with E-state index < -0.39 is 6.56 Å². The Kier molecular flexibility index (Phi) is 6.41. The van der Waals surface area contributed by atoms with Crippen LogP contribution in [0.1, 0.15) is 46.4 Å². The van der Waals surface area contributed by atoms with Crippen molar-refractivity contribution >= 4 is 62.2 Å². The minimum Gasteiger partial charge on any atom is -0.392 e. The van der Waals surface area contributed by atoms with Gasteiger partial charge >= 0.3 is 0 Å². The number of anilines is 1. The van der Waals surface area contributed by atoms with Crippen molar-refractivity contribution in [2.45, 2.75) is 27.0 Å². The van der Waals surface area contributed by atoms with Crippen molar-refractivity contribution in [1.29, 1.82) is 0 Å². The average Bonchev–Trinajstić information content (AvgIpc) is 3.10. The highest BCUT2D eigenvalue weighted by atomic mass is 35.5. The van der Waals surface area contributed by atoms with Gasteiger partial charge in [-0.3, -0.25) is 9.59 Å². The minimum absolute atomic E-state index is 0. The Balaban J connectivity index is 0.00000324. The quantitative estimate of drug-likeness (QED) is 0.373. The number of rotatable bonds is 6. The van der Waals surface area contributed by atoms with Crippen molar-refractivity contribution in [3.05, 3.63) is 69.6 Å². The molecule has 0 atom stereocenters. The number of benzene rings is 2. The first kappa shape index (κ1) is 21.0. The van der Waals surface area contributed by atoms with Crippen LogP contribution in [0, 0.1) is 6.92 Å². The maximum atomic E-state index is 13.2. The van der Waals surface area contributed by atoms with Crippen LogP contribution in [0.15, 0.2) is 42.5 Å². The molecule has 4 rings (SSSR count). The molecule has 32 heavy (non-hydrogen) atoms. The van der Waals surface area contributed by atoms with Crippen LogP contribution < -0.4 is 5.32 Å². The number of ether oxygens (including phenoxy) is 1. The van der Waals surface area contributed by atoms with E-state index in [1.165, 1.54) is 24.3 Å². The van der Waals surface area contributed by atoms with Crippen LogP contribution in [-0.4, -0.2) is 28.9 Å². The maximum absolute atomic E-state index is 13.2. The van der Waals surface area contributed by atoms with Crippen LogP contribution in [-0.2, 0) is 17.9 Å². The van der Waals surface area contributed by atoms with Gasteiger partial charge in [0.25, 0.3) is 5.91 Å². The van der Waals surface area contributed by atoms with E-state index in [0.717, 1.165) is 21.2 Å². The van der Waals surface area contributed by atoms with Gasteiger partial charge in [0, 0.05) is 28.1 Å². The second-order valence-electron chi connectivity index (χ2n) is 7.16. The van der Waals surface area contributed by atoms with Crippen LogP contribution in [0.4, 0.5) is 5.82 Å². The predicted molar refractivity (Wildman–Crippen MR) is 130 cm³/mol. The molecule has 0 saturated heterocycles. The molecule has 2 N–H and O–H groups in total. The van der Waals surface area contributed by atoms with E-state index in [-0.39, 0.29) is 29.7 Å². The second-order valence-corrected chi connectivity index (χ2v) is 8.18. The molecule has 6 nitrogen and oxygen atoms in total. The predicted octanol–water partition coefficient (Wildman–Crippen LogP) is 5.27. The number of aliphatic hydroxyl groups is 1. The number of aromatic nitrogens is 1. The Hall–Kier alpha value is -2.84. The number of carbonyl (C=O) groups is 2. The number of hydrogen-bond acceptors (Lipinski definition) is 6. The normalized spacial score (nSPS) is 12.2. The fourth-order valence-corrected chi connectivity index (χ4v) is 5.01. The number of halogens is 1. The molecule has 2 heterocycles. The maximum Gasteiger partial charge on any atom is 0.267 e. The van der Waals surface area contributed by atoms with Gasteiger partial charge in [0.15, 0.2) is 5.78 Å². The number of nitrogens with one attached hydrogen (secondary N) is 1. The van der Waals surface area contributed by atoms with Crippen molar-refractivity contribution in [3.8, 4) is 0 Å². The number of carbonyl (C=O) groups excluding carboxylic acids is 2. The molecular formula is C24H23ClN2O4S. The SMILES string of the molecule is Cl.[2H]C([2H])(O)c1cccc2nc(NC(=O)c3sc4c(C(C)=O)ccc(COC)c4c3C)ccc12. The van der Waals surface area contributed by atoms with Crippen molar-refractivity contribution in [3.63, 3.8) is 0 Å². The minimum atomic E-state index is -2.51. The first-order valence-electron chi connectivity index (χ1n) is 10.6. The van der Waals surface area contributed by atoms with E-state index in [2.05, 4.69) is 10.3 Å². The number of fused-ring (bicyclic) bond motifs is 2. The summed E-state index contributed by atoms with van der Waals surface area (Å²) in [5, 5.41) is 13.9. The Morgan fingerprint density at radius 2 is 1.97 bits per heavy atom. The number of aryl methyl sites for hydroxylation is 1. The lowest BCUT2D eigenvalue weighted by molar-refractivity contribution is 0.101. The van der Waals surface area contributed by atoms with Gasteiger partial charge in [-0.1, -0.05) is 18.2 Å². The number of thiophene rings is 1. The van der Waals surface area contributed by atoms with Gasteiger partial charge in [-0.2, -0.15) is 0 Å². The highest BCUT2D eigenvalue weighted by molar-refractivity contribution is 7.21. The molecule has 0 bridgehead atoms. The molecule has 1 amide bonds. The van der Waals surface area contributed by atoms with E-state index in [1.807, 2.05) is 13.0 Å². The Morgan fingerprint density at radius 3 is 2.66 bits per heavy atom. The lowest BCUT2D eigenvalue weighted by Gasteiger charge is -2.08. The first-order chi connectivity index (χ1) is 15.6. The van der Waals surface area contributed by atoms with E-state index in [1.54, 1.807) is 37.4 Å². The molecule has 0 spiro atoms. The highest BCUT2D eigenvalue weighted by Gasteiger charge is 2.21. The molecule has 2 aromatic heterocycles. The average molecular weight is 473 g/mol. The largest absolute Gasteiger partial charge is 0.392 e. The number of pyridine rings is 1. The summed E-state index contributed by atoms with van der Waals surface area (Å²) in [6.45, 7) is 1.20. The van der Waals surface area contributed by atoms with Crippen LogP contribution >= 0.6 is 23.7 Å². The van der Waals surface area contributed by atoms with Gasteiger partial charge in [0.1, 0.15) is 5.82 Å². The Bertz CT molecular complexity index is 1420. The summed E-state index contributed by atoms with van der Waals surface area (Å²) >= 11 is 1.26. The Morgan fingerprint density at radius 1 is 1.19 bits per heavy atom. The van der Waals surface area contributed by atoms with E-state index in [0.29, 0.717) is 33.8 Å². The van der Waals surface area contributed by atoms with Gasteiger partial charge < -0.3 is 15.2 Å². The van der Waals surface area contributed by atoms with Gasteiger partial charge in [0.2, 0.25) is 0 Å². The third-order valence-corrected chi connectivity index (χ3v) is 6.47. The zero-order valence-electron chi connectivity index (χ0n) is 19.7. The number of nitrogens with zero attached hydrogens (tertiary/aromatic N) is 1. The third kappa shape index (κ3) is 4.25. The summed E-state index contributed by atoms with van der Waals surface area (Å²) in [5.41, 5.74) is 2.77. The lowest BCUT2D eigenvalue weighted by Crippen LogP contribution is -2.12. The molecule has 0 aliphatic carbocycles. The van der Waals surface area contributed by atoms with Crippen LogP contribution in [0.2, 0.25) is 0 Å². The van der Waals surface area contributed by atoms with Crippen molar-refractivity contribution in [1.82, 2.24) is 4.98 Å². The second kappa shape index (κ2) is 9.75.